The van der Waals surface area contributed by atoms with Crippen LogP contribution in [0.2, 0.25) is 10.0 Å². The molecule has 144 valence electrons. The molecule has 1 N–H and O–H groups in total. The number of ketones is 2. The topological polar surface area (TPSA) is 63.2 Å². The quantitative estimate of drug-likeness (QED) is 0.576. The molecular formula is C23H15Cl2NO3. The van der Waals surface area contributed by atoms with Crippen molar-refractivity contribution in [2.75, 3.05) is 5.32 Å². The van der Waals surface area contributed by atoms with Gasteiger partial charge in [-0.1, -0.05) is 77.8 Å². The van der Waals surface area contributed by atoms with Gasteiger partial charge in [0, 0.05) is 16.8 Å². The minimum Gasteiger partial charge on any atom is -0.326 e. The van der Waals surface area contributed by atoms with E-state index in [0.29, 0.717) is 32.4 Å². The van der Waals surface area contributed by atoms with Crippen LogP contribution in [0.15, 0.2) is 72.8 Å². The van der Waals surface area contributed by atoms with E-state index in [0.717, 1.165) is 0 Å². The first kappa shape index (κ1) is 19.4. The van der Waals surface area contributed by atoms with Crippen LogP contribution in [-0.2, 0) is 10.2 Å². The van der Waals surface area contributed by atoms with Crippen molar-refractivity contribution in [3.8, 4) is 0 Å². The van der Waals surface area contributed by atoms with Crippen molar-refractivity contribution in [2.24, 2.45) is 0 Å². The maximum absolute atomic E-state index is 13.4. The van der Waals surface area contributed by atoms with Crippen LogP contribution in [0, 0.1) is 0 Å². The van der Waals surface area contributed by atoms with Gasteiger partial charge >= 0.3 is 0 Å². The Morgan fingerprint density at radius 2 is 1.38 bits per heavy atom. The summed E-state index contributed by atoms with van der Waals surface area (Å²) in [6, 6.07) is 20.0. The van der Waals surface area contributed by atoms with E-state index in [1.54, 1.807) is 66.7 Å². The number of carbonyl (C=O) groups excluding carboxylic acids is 3. The van der Waals surface area contributed by atoms with Crippen molar-refractivity contribution in [2.45, 2.75) is 11.8 Å². The van der Waals surface area contributed by atoms with Crippen LogP contribution in [0.5, 0.6) is 0 Å². The van der Waals surface area contributed by atoms with Crippen molar-refractivity contribution in [3.63, 3.8) is 0 Å². The van der Waals surface area contributed by atoms with E-state index in [-0.39, 0.29) is 18.0 Å². The third-order valence-electron chi connectivity index (χ3n) is 5.09. The molecule has 0 saturated heterocycles. The Morgan fingerprint density at radius 1 is 0.793 bits per heavy atom. The molecule has 1 aliphatic rings. The molecular weight excluding hydrogens is 409 g/mol. The zero-order valence-corrected chi connectivity index (χ0v) is 16.6. The number of hydrogen-bond donors (Lipinski definition) is 1. The summed E-state index contributed by atoms with van der Waals surface area (Å²) in [5.41, 5.74) is 0.0107. The normalized spacial score (nSPS) is 14.6. The molecule has 0 spiro atoms. The number of rotatable bonds is 4. The standard InChI is InChI=1S/C23H15Cl2NO3/c24-18-11-10-15(12-19(18)25)26-20(27)13-23(14-6-2-1-3-7-14)21(28)16-8-4-5-9-17(16)22(23)29/h1-12H,13H2,(H,26,27). The summed E-state index contributed by atoms with van der Waals surface area (Å²) in [6.45, 7) is 0. The lowest BCUT2D eigenvalue weighted by Crippen LogP contribution is -2.41. The summed E-state index contributed by atoms with van der Waals surface area (Å²) in [4.78, 5) is 39.6. The van der Waals surface area contributed by atoms with E-state index in [9.17, 15) is 14.4 Å². The molecule has 0 saturated carbocycles. The minimum absolute atomic E-state index is 0.294. The lowest BCUT2D eigenvalue weighted by Gasteiger charge is -2.26. The predicted molar refractivity (Wildman–Crippen MR) is 113 cm³/mol. The molecule has 0 unspecified atom stereocenters. The van der Waals surface area contributed by atoms with Gasteiger partial charge in [-0.2, -0.15) is 0 Å². The van der Waals surface area contributed by atoms with E-state index in [1.165, 1.54) is 6.07 Å². The highest BCUT2D eigenvalue weighted by molar-refractivity contribution is 6.42. The van der Waals surface area contributed by atoms with Gasteiger partial charge in [0.2, 0.25) is 5.91 Å². The molecule has 0 bridgehead atoms. The van der Waals surface area contributed by atoms with Crippen LogP contribution in [0.3, 0.4) is 0 Å². The van der Waals surface area contributed by atoms with Crippen LogP contribution in [0.1, 0.15) is 32.7 Å². The lowest BCUT2D eigenvalue weighted by atomic mass is 9.73. The number of carbonyl (C=O) groups is 3. The first-order valence-electron chi connectivity index (χ1n) is 8.92. The van der Waals surface area contributed by atoms with Gasteiger partial charge in [-0.25, -0.2) is 0 Å². The fourth-order valence-electron chi connectivity index (χ4n) is 3.71. The fraction of sp³-hybridized carbons (Fsp3) is 0.0870. The fourth-order valence-corrected chi connectivity index (χ4v) is 4.01. The maximum atomic E-state index is 13.4. The van der Waals surface area contributed by atoms with Crippen molar-refractivity contribution < 1.29 is 14.4 Å². The average molecular weight is 424 g/mol. The number of halogens is 2. The van der Waals surface area contributed by atoms with Crippen LogP contribution >= 0.6 is 23.2 Å². The first-order chi connectivity index (χ1) is 13.9. The zero-order chi connectivity index (χ0) is 20.6. The number of Topliss-reactive ketones (excluding diaryl/α,β-unsaturated/α-hetero) is 2. The third-order valence-corrected chi connectivity index (χ3v) is 5.83. The van der Waals surface area contributed by atoms with Gasteiger partial charge in [0.05, 0.1) is 16.5 Å². The molecule has 3 aromatic rings. The number of hydrogen-bond acceptors (Lipinski definition) is 3. The molecule has 0 radical (unpaired) electrons. The van der Waals surface area contributed by atoms with Crippen molar-refractivity contribution in [1.29, 1.82) is 0 Å². The van der Waals surface area contributed by atoms with Crippen LogP contribution in [-0.4, -0.2) is 17.5 Å². The van der Waals surface area contributed by atoms with Crippen molar-refractivity contribution in [1.82, 2.24) is 0 Å². The molecule has 4 nitrogen and oxygen atoms in total. The highest BCUT2D eigenvalue weighted by Gasteiger charge is 2.55. The molecule has 1 aliphatic carbocycles. The van der Waals surface area contributed by atoms with E-state index >= 15 is 0 Å². The van der Waals surface area contributed by atoms with Gasteiger partial charge in [-0.05, 0) is 23.8 Å². The summed E-state index contributed by atoms with van der Waals surface area (Å²) in [5, 5.41) is 3.37. The van der Waals surface area contributed by atoms with Gasteiger partial charge in [-0.15, -0.1) is 0 Å². The second kappa shape index (κ2) is 7.47. The largest absolute Gasteiger partial charge is 0.326 e. The summed E-state index contributed by atoms with van der Waals surface area (Å²) in [6.07, 6.45) is -0.316. The number of fused-ring (bicyclic) bond motifs is 1. The van der Waals surface area contributed by atoms with Gasteiger partial charge in [-0.3, -0.25) is 14.4 Å². The van der Waals surface area contributed by atoms with Crippen LogP contribution in [0.25, 0.3) is 0 Å². The number of amides is 1. The second-order valence-corrected chi connectivity index (χ2v) is 7.64. The van der Waals surface area contributed by atoms with E-state index in [1.807, 2.05) is 0 Å². The third kappa shape index (κ3) is 3.24. The monoisotopic (exact) mass is 423 g/mol. The molecule has 1 amide bonds. The first-order valence-corrected chi connectivity index (χ1v) is 9.68. The Kier molecular flexibility index (Phi) is 4.99. The van der Waals surface area contributed by atoms with E-state index in [2.05, 4.69) is 5.32 Å². The molecule has 0 aliphatic heterocycles. The minimum atomic E-state index is -1.59. The number of benzene rings is 3. The van der Waals surface area contributed by atoms with Crippen molar-refractivity contribution in [3.05, 3.63) is 99.5 Å². The van der Waals surface area contributed by atoms with Crippen LogP contribution in [0.4, 0.5) is 5.69 Å². The summed E-state index contributed by atoms with van der Waals surface area (Å²) < 4.78 is 0. The van der Waals surface area contributed by atoms with Crippen LogP contribution < -0.4 is 5.32 Å². The van der Waals surface area contributed by atoms with E-state index < -0.39 is 11.3 Å². The Balaban J connectivity index is 1.73. The van der Waals surface area contributed by atoms with Gasteiger partial charge in [0.15, 0.2) is 11.6 Å². The highest BCUT2D eigenvalue weighted by Crippen LogP contribution is 2.42. The molecule has 0 atom stereocenters. The smallest absolute Gasteiger partial charge is 0.226 e. The number of anilines is 1. The Hall–Kier alpha value is -2.95. The zero-order valence-electron chi connectivity index (χ0n) is 15.1. The summed E-state index contributed by atoms with van der Waals surface area (Å²) >= 11 is 11.9. The average Bonchev–Trinajstić information content (AvgIpc) is 2.94. The summed E-state index contributed by atoms with van der Waals surface area (Å²) in [7, 11) is 0. The van der Waals surface area contributed by atoms with Gasteiger partial charge in [0.1, 0.15) is 5.41 Å². The lowest BCUT2D eigenvalue weighted by molar-refractivity contribution is -0.116. The highest BCUT2D eigenvalue weighted by atomic mass is 35.5. The van der Waals surface area contributed by atoms with E-state index in [4.69, 9.17) is 23.2 Å². The van der Waals surface area contributed by atoms with Crippen molar-refractivity contribution >= 4 is 46.4 Å². The Labute approximate surface area is 177 Å². The van der Waals surface area contributed by atoms with Gasteiger partial charge in [0.25, 0.3) is 0 Å². The molecule has 3 aromatic carbocycles. The predicted octanol–water partition coefficient (Wildman–Crippen LogP) is 5.34. The second-order valence-electron chi connectivity index (χ2n) is 6.83. The molecule has 0 aromatic heterocycles. The molecule has 6 heteroatoms. The Bertz CT molecular complexity index is 1110. The Morgan fingerprint density at radius 3 is 1.97 bits per heavy atom. The SMILES string of the molecule is O=C(CC1(c2ccccc2)C(=O)c2ccccc2C1=O)Nc1ccc(Cl)c(Cl)c1. The number of nitrogens with one attached hydrogen (secondary N) is 1. The maximum Gasteiger partial charge on any atom is 0.226 e. The molecule has 0 heterocycles. The molecule has 4 rings (SSSR count). The molecule has 29 heavy (non-hydrogen) atoms. The summed E-state index contributed by atoms with van der Waals surface area (Å²) in [5.74, 6) is -1.20. The van der Waals surface area contributed by atoms with Gasteiger partial charge < -0.3 is 5.32 Å². The molecule has 0 fully saturated rings.